The molecule has 1 aromatic rings. The normalized spacial score (nSPS) is 30.8. The number of hydrogen-bond donors (Lipinski definition) is 14. The summed E-state index contributed by atoms with van der Waals surface area (Å²) in [5.74, 6) is -20.8. The van der Waals surface area contributed by atoms with Crippen LogP contribution in [0.25, 0.3) is 0 Å². The Balaban J connectivity index is 2.24. The molecule has 1 saturated carbocycles. The van der Waals surface area contributed by atoms with E-state index in [-0.39, 0.29) is 0 Å². The van der Waals surface area contributed by atoms with Crippen LogP contribution >= 0.6 is 0 Å². The largest absolute Gasteiger partial charge is 0.504 e. The molecule has 0 aromatic heterocycles. The quantitative estimate of drug-likeness (QED) is 0.0401. The predicted molar refractivity (Wildman–Crippen MR) is 97.9 cm³/mol. The lowest BCUT2D eigenvalue weighted by atomic mass is 9.90. The third kappa shape index (κ3) is 3.58. The molecule has 0 radical (unpaired) electrons. The van der Waals surface area contributed by atoms with Crippen LogP contribution in [0.15, 0.2) is 0 Å². The van der Waals surface area contributed by atoms with E-state index in [9.17, 15) is 61.0 Å². The van der Waals surface area contributed by atoms with Crippen molar-refractivity contribution in [1.82, 2.24) is 5.32 Å². The van der Waals surface area contributed by atoms with Gasteiger partial charge in [0, 0.05) is 0 Å². The molecule has 3 atom stereocenters. The van der Waals surface area contributed by atoms with Gasteiger partial charge in [0.2, 0.25) is 29.2 Å². The van der Waals surface area contributed by atoms with Crippen molar-refractivity contribution in [2.75, 3.05) is 13.3 Å². The van der Waals surface area contributed by atoms with Crippen molar-refractivity contribution < 1.29 is 85.6 Å². The van der Waals surface area contributed by atoms with Crippen LogP contribution < -0.4 is 20.7 Å². The predicted octanol–water partition coefficient (Wildman–Crippen LogP) is -6.85. The van der Waals surface area contributed by atoms with Gasteiger partial charge in [-0.25, -0.2) is 0 Å². The number of rotatable bonds is 7. The maximum Gasteiger partial charge on any atom is 0.283 e. The van der Waals surface area contributed by atoms with Crippen LogP contribution in [0.4, 0.5) is 0 Å². The van der Waals surface area contributed by atoms with Gasteiger partial charge in [0.1, 0.15) is 5.60 Å². The first-order chi connectivity index (χ1) is 15.9. The van der Waals surface area contributed by atoms with Gasteiger partial charge in [-0.3, -0.25) is 15.4 Å². The molecule has 35 heavy (non-hydrogen) atoms. The maximum atomic E-state index is 11.6. The van der Waals surface area contributed by atoms with E-state index in [1.54, 1.807) is 0 Å². The summed E-state index contributed by atoms with van der Waals surface area (Å²) in [6, 6.07) is 0. The molecule has 1 saturated heterocycles. The fourth-order valence-corrected chi connectivity index (χ4v) is 3.68. The van der Waals surface area contributed by atoms with Gasteiger partial charge < -0.3 is 71.3 Å². The Morgan fingerprint density at radius 2 is 1.51 bits per heavy atom. The van der Waals surface area contributed by atoms with Crippen LogP contribution in [0.1, 0.15) is 12.0 Å². The molecule has 1 aromatic carbocycles. The average molecular weight is 514 g/mol. The van der Waals surface area contributed by atoms with Gasteiger partial charge in [-0.2, -0.15) is 4.89 Å². The van der Waals surface area contributed by atoms with Crippen molar-refractivity contribution in [2.45, 2.75) is 41.2 Å². The standard InChI is InChI=1S/C16H22N2O17/c17-13(25)11(14(26,27)16(30,31)15(13,28)29)33-9-7(22)5(12(24)1-4(20)18-2-12)6(21)8(23)10(9)34-35-32-3-19/h11,19,21-31H,1-3,17H2,(H,18,20). The van der Waals surface area contributed by atoms with Crippen LogP contribution in [0.5, 0.6) is 28.7 Å². The highest BCUT2D eigenvalue weighted by atomic mass is 17.5. The van der Waals surface area contributed by atoms with Crippen LogP contribution in [0.2, 0.25) is 0 Å². The number of amides is 1. The van der Waals surface area contributed by atoms with Gasteiger partial charge in [-0.05, 0) is 5.04 Å². The van der Waals surface area contributed by atoms with Gasteiger partial charge in [-0.15, -0.1) is 0 Å². The number of phenols is 3. The van der Waals surface area contributed by atoms with Gasteiger partial charge in [0.05, 0.1) is 18.5 Å². The summed E-state index contributed by atoms with van der Waals surface area (Å²) >= 11 is 0. The Hall–Kier alpha value is -2.79. The van der Waals surface area contributed by atoms with E-state index in [4.69, 9.17) is 15.6 Å². The second kappa shape index (κ2) is 8.12. The number of ether oxygens (including phenoxy) is 1. The molecule has 1 amide bonds. The van der Waals surface area contributed by atoms with Crippen molar-refractivity contribution in [3.8, 4) is 28.7 Å². The Morgan fingerprint density at radius 3 is 1.97 bits per heavy atom. The molecule has 2 aliphatic rings. The van der Waals surface area contributed by atoms with Crippen molar-refractivity contribution in [3.63, 3.8) is 0 Å². The van der Waals surface area contributed by atoms with Crippen LogP contribution in [0.3, 0.4) is 0 Å². The minimum Gasteiger partial charge on any atom is -0.504 e. The van der Waals surface area contributed by atoms with Crippen molar-refractivity contribution in [1.29, 1.82) is 0 Å². The lowest BCUT2D eigenvalue weighted by Gasteiger charge is -2.35. The molecule has 198 valence electrons. The molecule has 1 aliphatic carbocycles. The van der Waals surface area contributed by atoms with E-state index in [0.717, 1.165) is 0 Å². The second-order valence-corrected chi connectivity index (χ2v) is 7.86. The molecule has 15 N–H and O–H groups in total. The highest BCUT2D eigenvalue weighted by molar-refractivity contribution is 5.82. The van der Waals surface area contributed by atoms with E-state index < -0.39 is 94.8 Å². The molecule has 3 unspecified atom stereocenters. The van der Waals surface area contributed by atoms with Crippen LogP contribution in [-0.2, 0) is 20.3 Å². The summed E-state index contributed by atoms with van der Waals surface area (Å²) in [6.07, 6.45) is -3.93. The third-order valence-corrected chi connectivity index (χ3v) is 5.61. The number of nitrogens with two attached hydrogens (primary N) is 1. The lowest BCUT2D eigenvalue weighted by Crippen LogP contribution is -2.69. The minimum atomic E-state index is -4.43. The summed E-state index contributed by atoms with van der Waals surface area (Å²) < 4.78 is 4.90. The maximum absolute atomic E-state index is 11.6. The number of phenolic OH excluding ortho intramolecular Hbond substituents is 3. The number of carbonyl (C=O) groups is 1. The minimum absolute atomic E-state index is 0.642. The molecule has 0 spiro atoms. The van der Waals surface area contributed by atoms with Gasteiger partial charge in [-0.1, -0.05) is 0 Å². The molecular formula is C16H22N2O17. The molecule has 19 nitrogen and oxygen atoms in total. The smallest absolute Gasteiger partial charge is 0.283 e. The Bertz CT molecular complexity index is 998. The first-order valence-corrected chi connectivity index (χ1v) is 9.28. The summed E-state index contributed by atoms with van der Waals surface area (Å²) in [5.41, 5.74) is -2.10. The number of carbonyl (C=O) groups excluding carboxylic acids is 1. The molecule has 19 heteroatoms. The summed E-state index contributed by atoms with van der Waals surface area (Å²) in [6.45, 7) is -1.80. The SMILES string of the molecule is NC1(O)C(Oc2c(O)c(C3(O)CNC(=O)C3)c(O)c(O)c2OOOCO)C(O)(O)C(O)(O)C1(O)O. The summed E-state index contributed by atoms with van der Waals surface area (Å²) in [7, 11) is 0. The van der Waals surface area contributed by atoms with Gasteiger partial charge in [0.15, 0.2) is 18.3 Å². The molecule has 1 aliphatic heterocycles. The molecule has 3 rings (SSSR count). The number of aromatic hydroxyl groups is 3. The lowest BCUT2D eigenvalue weighted by molar-refractivity contribution is -0.482. The van der Waals surface area contributed by atoms with E-state index in [0.29, 0.717) is 0 Å². The second-order valence-electron chi connectivity index (χ2n) is 7.86. The monoisotopic (exact) mass is 514 g/mol. The molecule has 0 bridgehead atoms. The topological polar surface area (TPSA) is 335 Å². The number of benzene rings is 1. The van der Waals surface area contributed by atoms with Crippen molar-refractivity contribution in [3.05, 3.63) is 5.56 Å². The zero-order valence-corrected chi connectivity index (χ0v) is 17.2. The van der Waals surface area contributed by atoms with Crippen molar-refractivity contribution >= 4 is 5.91 Å². The number of aliphatic hydroxyl groups excluding tert-OH is 1. The fraction of sp³-hybridized carbons (Fsp3) is 0.562. The highest BCUT2D eigenvalue weighted by Gasteiger charge is 2.84. The number of aliphatic hydroxyl groups is 9. The van der Waals surface area contributed by atoms with Crippen LogP contribution in [-0.4, -0.2) is 110 Å². The zero-order valence-electron chi connectivity index (χ0n) is 17.2. The number of hydrogen-bond acceptors (Lipinski definition) is 18. The van der Waals surface area contributed by atoms with E-state index >= 15 is 0 Å². The van der Waals surface area contributed by atoms with E-state index in [2.05, 4.69) is 20.1 Å². The summed E-state index contributed by atoms with van der Waals surface area (Å²) in [5, 5.41) is 127. The van der Waals surface area contributed by atoms with E-state index in [1.807, 2.05) is 0 Å². The Morgan fingerprint density at radius 1 is 0.914 bits per heavy atom. The van der Waals surface area contributed by atoms with Crippen LogP contribution in [0, 0.1) is 0 Å². The first-order valence-electron chi connectivity index (χ1n) is 9.28. The number of β-amino-alcohol motifs (C(OH)–C–C–N with tert-alkyl or cyclic N) is 1. The fourth-order valence-electron chi connectivity index (χ4n) is 3.68. The number of nitrogens with one attached hydrogen (secondary N) is 1. The highest BCUT2D eigenvalue weighted by Crippen LogP contribution is 2.58. The van der Waals surface area contributed by atoms with Gasteiger partial charge >= 0.3 is 0 Å². The molecule has 2 fully saturated rings. The third-order valence-electron chi connectivity index (χ3n) is 5.61. The molecule has 1 heterocycles. The average Bonchev–Trinajstić information content (AvgIpc) is 3.11. The van der Waals surface area contributed by atoms with E-state index in [1.165, 1.54) is 0 Å². The Kier molecular flexibility index (Phi) is 6.22. The van der Waals surface area contributed by atoms with Gasteiger partial charge in [0.25, 0.3) is 23.1 Å². The van der Waals surface area contributed by atoms with Crippen molar-refractivity contribution in [2.24, 2.45) is 5.73 Å². The zero-order chi connectivity index (χ0) is 26.8. The summed E-state index contributed by atoms with van der Waals surface area (Å²) in [4.78, 5) is 20.0. The molecular weight excluding hydrogens is 492 g/mol. The first kappa shape index (κ1) is 26.8. The Labute approximate surface area is 192 Å².